The number of thiazole rings is 1. The van der Waals surface area contributed by atoms with Gasteiger partial charge in [0.15, 0.2) is 0 Å². The van der Waals surface area contributed by atoms with E-state index in [1.807, 2.05) is 48.6 Å². The van der Waals surface area contributed by atoms with Gasteiger partial charge in [-0.1, -0.05) is 6.07 Å². The summed E-state index contributed by atoms with van der Waals surface area (Å²) >= 11 is 1.56. The predicted molar refractivity (Wildman–Crippen MR) is 78.7 cm³/mol. The highest BCUT2D eigenvalue weighted by Crippen LogP contribution is 2.16. The molecule has 0 radical (unpaired) electrons. The first-order valence-electron chi connectivity index (χ1n) is 5.99. The molecule has 5 heteroatoms. The van der Waals surface area contributed by atoms with E-state index in [0.717, 1.165) is 10.7 Å². The van der Waals surface area contributed by atoms with Crippen molar-refractivity contribution in [3.63, 3.8) is 0 Å². The van der Waals surface area contributed by atoms with Crippen molar-refractivity contribution in [3.8, 4) is 0 Å². The molecule has 0 aliphatic heterocycles. The van der Waals surface area contributed by atoms with Gasteiger partial charge < -0.3 is 9.80 Å². The molecular formula is C14H17N3OS. The Morgan fingerprint density at radius 1 is 1.32 bits per heavy atom. The van der Waals surface area contributed by atoms with E-state index in [1.165, 1.54) is 0 Å². The highest BCUT2D eigenvalue weighted by atomic mass is 32.1. The molecule has 4 nitrogen and oxygen atoms in total. The lowest BCUT2D eigenvalue weighted by molar-refractivity contribution is 0.0785. The fourth-order valence-corrected chi connectivity index (χ4v) is 2.41. The van der Waals surface area contributed by atoms with Crippen LogP contribution in [0.5, 0.6) is 0 Å². The Balaban J connectivity index is 2.12. The molecule has 0 bridgehead atoms. The summed E-state index contributed by atoms with van der Waals surface area (Å²) in [6, 6.07) is 7.63. The minimum absolute atomic E-state index is 0.0129. The van der Waals surface area contributed by atoms with E-state index in [0.29, 0.717) is 12.1 Å². The van der Waals surface area contributed by atoms with Gasteiger partial charge in [0.25, 0.3) is 5.91 Å². The van der Waals surface area contributed by atoms with E-state index in [9.17, 15) is 4.79 Å². The number of hydrogen-bond acceptors (Lipinski definition) is 4. The SMILES string of the molecule is CN(Cc1nccs1)C(=O)c1cccc(N(C)C)c1. The van der Waals surface area contributed by atoms with Crippen LogP contribution in [0.1, 0.15) is 15.4 Å². The topological polar surface area (TPSA) is 36.4 Å². The molecular weight excluding hydrogens is 258 g/mol. The first-order valence-corrected chi connectivity index (χ1v) is 6.87. The first-order chi connectivity index (χ1) is 9.08. The van der Waals surface area contributed by atoms with E-state index in [4.69, 9.17) is 0 Å². The summed E-state index contributed by atoms with van der Waals surface area (Å²) in [5.41, 5.74) is 1.72. The Labute approximate surface area is 117 Å². The maximum atomic E-state index is 12.3. The largest absolute Gasteiger partial charge is 0.378 e. The van der Waals surface area contributed by atoms with Crippen LogP contribution in [0.25, 0.3) is 0 Å². The minimum atomic E-state index is 0.0129. The summed E-state index contributed by atoms with van der Waals surface area (Å²) in [5.74, 6) is 0.0129. The molecule has 0 aliphatic rings. The van der Waals surface area contributed by atoms with Crippen LogP contribution in [0, 0.1) is 0 Å². The summed E-state index contributed by atoms with van der Waals surface area (Å²) < 4.78 is 0. The smallest absolute Gasteiger partial charge is 0.254 e. The summed E-state index contributed by atoms with van der Waals surface area (Å²) in [4.78, 5) is 20.2. The molecule has 19 heavy (non-hydrogen) atoms. The fourth-order valence-electron chi connectivity index (χ4n) is 1.74. The summed E-state index contributed by atoms with van der Waals surface area (Å²) in [7, 11) is 5.72. The van der Waals surface area contributed by atoms with Crippen LogP contribution < -0.4 is 4.90 Å². The molecule has 1 amide bonds. The van der Waals surface area contributed by atoms with Crippen molar-refractivity contribution in [2.75, 3.05) is 26.0 Å². The van der Waals surface area contributed by atoms with Gasteiger partial charge in [-0.15, -0.1) is 11.3 Å². The summed E-state index contributed by atoms with van der Waals surface area (Å²) in [6.07, 6.45) is 1.75. The number of benzene rings is 1. The van der Waals surface area contributed by atoms with Gasteiger partial charge in [0.2, 0.25) is 0 Å². The molecule has 0 fully saturated rings. The zero-order valence-corrected chi connectivity index (χ0v) is 12.1. The third-order valence-corrected chi connectivity index (χ3v) is 3.58. The van der Waals surface area contributed by atoms with E-state index < -0.39 is 0 Å². The third kappa shape index (κ3) is 3.32. The Morgan fingerprint density at radius 3 is 2.74 bits per heavy atom. The maximum absolute atomic E-state index is 12.3. The Hall–Kier alpha value is -1.88. The lowest BCUT2D eigenvalue weighted by atomic mass is 10.1. The molecule has 0 unspecified atom stereocenters. The zero-order valence-electron chi connectivity index (χ0n) is 11.3. The molecule has 100 valence electrons. The van der Waals surface area contributed by atoms with E-state index in [1.54, 1.807) is 29.5 Å². The second-order valence-corrected chi connectivity index (χ2v) is 5.51. The van der Waals surface area contributed by atoms with Crippen LogP contribution in [-0.4, -0.2) is 36.9 Å². The normalized spacial score (nSPS) is 10.3. The molecule has 0 atom stereocenters. The highest BCUT2D eigenvalue weighted by molar-refractivity contribution is 7.09. The average Bonchev–Trinajstić information content (AvgIpc) is 2.90. The summed E-state index contributed by atoms with van der Waals surface area (Å²) in [6.45, 7) is 0.544. The Bertz CT molecular complexity index is 552. The molecule has 2 aromatic rings. The van der Waals surface area contributed by atoms with Crippen LogP contribution in [0.3, 0.4) is 0 Å². The standard InChI is InChI=1S/C14H17N3OS/c1-16(2)12-6-4-5-11(9-12)14(18)17(3)10-13-15-7-8-19-13/h4-9H,10H2,1-3H3. The van der Waals surface area contributed by atoms with Gasteiger partial charge >= 0.3 is 0 Å². The van der Waals surface area contributed by atoms with Crippen LogP contribution in [0.2, 0.25) is 0 Å². The number of hydrogen-bond donors (Lipinski definition) is 0. The van der Waals surface area contributed by atoms with Crippen molar-refractivity contribution in [1.29, 1.82) is 0 Å². The number of nitrogens with zero attached hydrogens (tertiary/aromatic N) is 3. The first kappa shape index (κ1) is 13.5. The molecule has 0 N–H and O–H groups in total. The second-order valence-electron chi connectivity index (χ2n) is 4.53. The van der Waals surface area contributed by atoms with Gasteiger partial charge in [-0.3, -0.25) is 4.79 Å². The van der Waals surface area contributed by atoms with Gasteiger partial charge in [0.05, 0.1) is 6.54 Å². The molecule has 2 rings (SSSR count). The molecule has 0 saturated heterocycles. The Kier molecular flexibility index (Phi) is 4.16. The number of carbonyl (C=O) groups is 1. The van der Waals surface area contributed by atoms with Crippen LogP contribution >= 0.6 is 11.3 Å². The lowest BCUT2D eigenvalue weighted by Gasteiger charge is -2.18. The van der Waals surface area contributed by atoms with Crippen LogP contribution in [0.4, 0.5) is 5.69 Å². The fraction of sp³-hybridized carbons (Fsp3) is 0.286. The number of aromatic nitrogens is 1. The number of anilines is 1. The van der Waals surface area contributed by atoms with Crippen molar-refractivity contribution < 1.29 is 4.79 Å². The van der Waals surface area contributed by atoms with Gasteiger partial charge in [0.1, 0.15) is 5.01 Å². The third-order valence-electron chi connectivity index (χ3n) is 2.81. The minimum Gasteiger partial charge on any atom is -0.378 e. The second kappa shape index (κ2) is 5.84. The average molecular weight is 275 g/mol. The maximum Gasteiger partial charge on any atom is 0.254 e. The van der Waals surface area contributed by atoms with Gasteiger partial charge in [-0.25, -0.2) is 4.98 Å². The van der Waals surface area contributed by atoms with Crippen molar-refractivity contribution in [2.45, 2.75) is 6.54 Å². The zero-order chi connectivity index (χ0) is 13.8. The van der Waals surface area contributed by atoms with E-state index in [-0.39, 0.29) is 5.91 Å². The van der Waals surface area contributed by atoms with E-state index in [2.05, 4.69) is 4.98 Å². The lowest BCUT2D eigenvalue weighted by Crippen LogP contribution is -2.26. The van der Waals surface area contributed by atoms with Crippen molar-refractivity contribution in [3.05, 3.63) is 46.4 Å². The van der Waals surface area contributed by atoms with Gasteiger partial charge in [-0.05, 0) is 18.2 Å². The van der Waals surface area contributed by atoms with Crippen LogP contribution in [-0.2, 0) is 6.54 Å². The van der Waals surface area contributed by atoms with Gasteiger partial charge in [0, 0.05) is 44.0 Å². The van der Waals surface area contributed by atoms with E-state index >= 15 is 0 Å². The molecule has 0 spiro atoms. The summed E-state index contributed by atoms with van der Waals surface area (Å²) in [5, 5.41) is 2.86. The van der Waals surface area contributed by atoms with Crippen molar-refractivity contribution >= 4 is 22.9 Å². The molecule has 1 aromatic heterocycles. The number of rotatable bonds is 4. The number of amides is 1. The van der Waals surface area contributed by atoms with Crippen LogP contribution in [0.15, 0.2) is 35.8 Å². The molecule has 1 aromatic carbocycles. The van der Waals surface area contributed by atoms with Crippen molar-refractivity contribution in [2.24, 2.45) is 0 Å². The monoisotopic (exact) mass is 275 g/mol. The Morgan fingerprint density at radius 2 is 2.11 bits per heavy atom. The quantitative estimate of drug-likeness (QED) is 0.860. The van der Waals surface area contributed by atoms with Gasteiger partial charge in [-0.2, -0.15) is 0 Å². The molecule has 1 heterocycles. The predicted octanol–water partition coefficient (Wildman–Crippen LogP) is 2.48. The van der Waals surface area contributed by atoms with Crippen molar-refractivity contribution in [1.82, 2.24) is 9.88 Å². The number of carbonyl (C=O) groups excluding carboxylic acids is 1. The highest BCUT2D eigenvalue weighted by Gasteiger charge is 2.13. The molecule has 0 saturated carbocycles. The molecule has 0 aliphatic carbocycles.